The van der Waals surface area contributed by atoms with Gasteiger partial charge < -0.3 is 10.5 Å². The lowest BCUT2D eigenvalue weighted by Gasteiger charge is -2.15. The van der Waals surface area contributed by atoms with Crippen molar-refractivity contribution >= 4 is 11.6 Å². The Kier molecular flexibility index (Phi) is 4.02. The summed E-state index contributed by atoms with van der Waals surface area (Å²) in [7, 11) is 1.53. The minimum Gasteiger partial charge on any atom is -0.497 e. The fraction of sp³-hybridized carbons (Fsp3) is 0.143. The summed E-state index contributed by atoms with van der Waals surface area (Å²) in [5.74, 6) is -1.24. The van der Waals surface area contributed by atoms with E-state index in [2.05, 4.69) is 0 Å². The van der Waals surface area contributed by atoms with E-state index >= 15 is 0 Å². The maximum absolute atomic E-state index is 13.2. The van der Waals surface area contributed by atoms with E-state index in [1.165, 1.54) is 13.2 Å². The third kappa shape index (κ3) is 2.85. The summed E-state index contributed by atoms with van der Waals surface area (Å²) >= 11 is 6.10. The summed E-state index contributed by atoms with van der Waals surface area (Å²) in [6.45, 7) is 0. The van der Waals surface area contributed by atoms with Gasteiger partial charge in [-0.1, -0.05) is 23.7 Å². The molecule has 0 heterocycles. The fourth-order valence-corrected chi connectivity index (χ4v) is 2.06. The first-order valence-corrected chi connectivity index (χ1v) is 5.94. The molecule has 0 amide bonds. The van der Waals surface area contributed by atoms with Crippen LogP contribution in [0, 0.1) is 11.6 Å². The summed E-state index contributed by atoms with van der Waals surface area (Å²) in [6.07, 6.45) is 0. The number of hydrogen-bond donors (Lipinski definition) is 1. The number of hydrogen-bond acceptors (Lipinski definition) is 2. The standard InChI is InChI=1S/C14H12ClF2NO/c1-19-9-3-4-10(11(15)7-9)14(18)8-2-5-12(16)13(17)6-8/h2-7,14H,18H2,1H3. The average molecular weight is 284 g/mol. The molecule has 0 aromatic heterocycles. The first kappa shape index (κ1) is 13.8. The van der Waals surface area contributed by atoms with Crippen molar-refractivity contribution in [1.82, 2.24) is 0 Å². The van der Waals surface area contributed by atoms with Crippen molar-refractivity contribution in [3.8, 4) is 5.75 Å². The van der Waals surface area contributed by atoms with Gasteiger partial charge in [-0.3, -0.25) is 0 Å². The summed E-state index contributed by atoms with van der Waals surface area (Å²) in [5.41, 5.74) is 7.08. The van der Waals surface area contributed by atoms with Gasteiger partial charge in [-0.2, -0.15) is 0 Å². The topological polar surface area (TPSA) is 35.2 Å². The van der Waals surface area contributed by atoms with Crippen molar-refractivity contribution in [1.29, 1.82) is 0 Å². The Hall–Kier alpha value is -1.65. The SMILES string of the molecule is COc1ccc(C(N)c2ccc(F)c(F)c2)c(Cl)c1. The van der Waals surface area contributed by atoms with E-state index in [0.29, 0.717) is 21.9 Å². The molecular weight excluding hydrogens is 272 g/mol. The van der Waals surface area contributed by atoms with Crippen LogP contribution in [0.25, 0.3) is 0 Å². The van der Waals surface area contributed by atoms with Crippen molar-refractivity contribution in [2.45, 2.75) is 6.04 Å². The van der Waals surface area contributed by atoms with Crippen molar-refractivity contribution in [2.24, 2.45) is 5.73 Å². The lowest BCUT2D eigenvalue weighted by Crippen LogP contribution is -2.13. The van der Waals surface area contributed by atoms with Gasteiger partial charge in [0.25, 0.3) is 0 Å². The molecule has 0 saturated heterocycles. The van der Waals surface area contributed by atoms with Gasteiger partial charge in [-0.05, 0) is 35.4 Å². The van der Waals surface area contributed by atoms with E-state index in [0.717, 1.165) is 12.1 Å². The first-order chi connectivity index (χ1) is 9.02. The Bertz CT molecular complexity index is 604. The van der Waals surface area contributed by atoms with Gasteiger partial charge in [-0.25, -0.2) is 8.78 Å². The van der Waals surface area contributed by atoms with Crippen LogP contribution < -0.4 is 10.5 Å². The largest absolute Gasteiger partial charge is 0.497 e. The van der Waals surface area contributed by atoms with Crippen LogP contribution in [0.3, 0.4) is 0 Å². The van der Waals surface area contributed by atoms with E-state index in [9.17, 15) is 8.78 Å². The highest BCUT2D eigenvalue weighted by Crippen LogP contribution is 2.30. The van der Waals surface area contributed by atoms with Gasteiger partial charge in [0.1, 0.15) is 5.75 Å². The van der Waals surface area contributed by atoms with Gasteiger partial charge in [0, 0.05) is 5.02 Å². The van der Waals surface area contributed by atoms with Crippen LogP contribution in [-0.4, -0.2) is 7.11 Å². The molecule has 0 bridgehead atoms. The van der Waals surface area contributed by atoms with Crippen molar-refractivity contribution < 1.29 is 13.5 Å². The number of halogens is 3. The summed E-state index contributed by atoms with van der Waals surface area (Å²) in [5, 5.41) is 0.414. The minimum absolute atomic E-state index is 0.414. The highest BCUT2D eigenvalue weighted by atomic mass is 35.5. The number of ether oxygens (including phenoxy) is 1. The average Bonchev–Trinajstić information content (AvgIpc) is 2.41. The lowest BCUT2D eigenvalue weighted by molar-refractivity contribution is 0.414. The molecule has 2 aromatic carbocycles. The van der Waals surface area contributed by atoms with E-state index in [1.54, 1.807) is 18.2 Å². The zero-order valence-electron chi connectivity index (χ0n) is 10.2. The zero-order chi connectivity index (χ0) is 14.0. The van der Waals surface area contributed by atoms with Gasteiger partial charge >= 0.3 is 0 Å². The predicted molar refractivity (Wildman–Crippen MR) is 70.4 cm³/mol. The number of methoxy groups -OCH3 is 1. The van der Waals surface area contributed by atoms with E-state index in [4.69, 9.17) is 22.1 Å². The molecule has 2 nitrogen and oxygen atoms in total. The Balaban J connectivity index is 2.38. The summed E-state index contributed by atoms with van der Waals surface area (Å²) in [4.78, 5) is 0. The van der Waals surface area contributed by atoms with Crippen LogP contribution >= 0.6 is 11.6 Å². The molecule has 2 aromatic rings. The fourth-order valence-electron chi connectivity index (χ4n) is 1.77. The van der Waals surface area contributed by atoms with E-state index < -0.39 is 17.7 Å². The molecule has 0 saturated carbocycles. The van der Waals surface area contributed by atoms with Crippen LogP contribution in [0.1, 0.15) is 17.2 Å². The Labute approximate surface area is 114 Å². The molecule has 0 fully saturated rings. The Morgan fingerprint density at radius 2 is 1.84 bits per heavy atom. The van der Waals surface area contributed by atoms with Crippen LogP contribution in [0.15, 0.2) is 36.4 Å². The Morgan fingerprint density at radius 1 is 1.11 bits per heavy atom. The normalized spacial score (nSPS) is 12.3. The quantitative estimate of drug-likeness (QED) is 0.933. The molecule has 1 unspecified atom stereocenters. The lowest BCUT2D eigenvalue weighted by atomic mass is 9.99. The third-order valence-electron chi connectivity index (χ3n) is 2.85. The van der Waals surface area contributed by atoms with Crippen molar-refractivity contribution in [3.05, 3.63) is 64.2 Å². The number of rotatable bonds is 3. The predicted octanol–water partition coefficient (Wildman–Crippen LogP) is 3.67. The molecule has 19 heavy (non-hydrogen) atoms. The number of benzene rings is 2. The maximum Gasteiger partial charge on any atom is 0.159 e. The van der Waals surface area contributed by atoms with Gasteiger partial charge in [0.05, 0.1) is 13.2 Å². The highest BCUT2D eigenvalue weighted by molar-refractivity contribution is 6.31. The molecule has 0 aliphatic heterocycles. The second-order valence-electron chi connectivity index (χ2n) is 4.04. The second-order valence-corrected chi connectivity index (χ2v) is 4.45. The van der Waals surface area contributed by atoms with Crippen LogP contribution in [-0.2, 0) is 0 Å². The minimum atomic E-state index is -0.933. The smallest absolute Gasteiger partial charge is 0.159 e. The molecule has 1 atom stereocenters. The molecule has 0 radical (unpaired) electrons. The van der Waals surface area contributed by atoms with Gasteiger partial charge in [0.15, 0.2) is 11.6 Å². The highest BCUT2D eigenvalue weighted by Gasteiger charge is 2.15. The molecule has 0 spiro atoms. The van der Waals surface area contributed by atoms with Crippen molar-refractivity contribution in [3.63, 3.8) is 0 Å². The molecule has 2 N–H and O–H groups in total. The second kappa shape index (κ2) is 5.55. The number of nitrogens with two attached hydrogens (primary N) is 1. The van der Waals surface area contributed by atoms with Crippen LogP contribution in [0.2, 0.25) is 5.02 Å². The molecule has 100 valence electrons. The van der Waals surface area contributed by atoms with E-state index in [-0.39, 0.29) is 0 Å². The molecule has 2 rings (SSSR count). The van der Waals surface area contributed by atoms with Crippen LogP contribution in [0.4, 0.5) is 8.78 Å². The maximum atomic E-state index is 13.2. The third-order valence-corrected chi connectivity index (χ3v) is 3.17. The Morgan fingerprint density at radius 3 is 2.42 bits per heavy atom. The first-order valence-electron chi connectivity index (χ1n) is 5.57. The molecular formula is C14H12ClF2NO. The van der Waals surface area contributed by atoms with Crippen molar-refractivity contribution in [2.75, 3.05) is 7.11 Å². The molecule has 0 aliphatic rings. The van der Waals surface area contributed by atoms with E-state index in [1.807, 2.05) is 0 Å². The summed E-state index contributed by atoms with van der Waals surface area (Å²) in [6, 6.07) is 7.95. The zero-order valence-corrected chi connectivity index (χ0v) is 10.9. The van der Waals surface area contributed by atoms with Gasteiger partial charge in [-0.15, -0.1) is 0 Å². The van der Waals surface area contributed by atoms with Gasteiger partial charge in [0.2, 0.25) is 0 Å². The summed E-state index contributed by atoms with van der Waals surface area (Å²) < 4.78 is 31.1. The molecule has 0 aliphatic carbocycles. The van der Waals surface area contributed by atoms with Crippen LogP contribution in [0.5, 0.6) is 5.75 Å². The monoisotopic (exact) mass is 283 g/mol. The molecule has 5 heteroatoms.